The van der Waals surface area contributed by atoms with Crippen LogP contribution >= 0.6 is 0 Å². The van der Waals surface area contributed by atoms with Crippen molar-refractivity contribution in [2.24, 2.45) is 44.4 Å². The van der Waals surface area contributed by atoms with E-state index in [1.165, 1.54) is 4.90 Å². The summed E-state index contributed by atoms with van der Waals surface area (Å²) in [6.07, 6.45) is 4.10. The van der Waals surface area contributed by atoms with E-state index >= 15 is 0 Å². The van der Waals surface area contributed by atoms with Crippen molar-refractivity contribution >= 4 is 69.9 Å². The van der Waals surface area contributed by atoms with Gasteiger partial charge < -0.3 is 65.9 Å². The number of nitrogens with zero attached hydrogens (tertiary/aromatic N) is 4. The van der Waals surface area contributed by atoms with Gasteiger partial charge >= 0.3 is 0 Å². The monoisotopic (exact) mass is 1020 g/mol. The van der Waals surface area contributed by atoms with E-state index in [9.17, 15) is 38.4 Å². The molecule has 23 nitrogen and oxygen atoms in total. The van der Waals surface area contributed by atoms with Crippen LogP contribution in [0.15, 0.2) is 107 Å². The van der Waals surface area contributed by atoms with Crippen molar-refractivity contribution < 1.29 is 38.4 Å². The lowest BCUT2D eigenvalue weighted by Crippen LogP contribution is -2.60. The van der Waals surface area contributed by atoms with Crippen LogP contribution in [0.25, 0.3) is 10.8 Å². The minimum absolute atomic E-state index is 0.000907. The van der Waals surface area contributed by atoms with E-state index in [4.69, 9.17) is 34.4 Å². The fourth-order valence-electron chi connectivity index (χ4n) is 8.57. The largest absolute Gasteiger partial charge is 0.370 e. The number of likely N-dealkylation sites (tertiary alicyclic amines) is 1. The summed E-state index contributed by atoms with van der Waals surface area (Å²) >= 11 is 0. The lowest BCUT2D eigenvalue weighted by Gasteiger charge is -2.31. The van der Waals surface area contributed by atoms with Crippen molar-refractivity contribution in [2.75, 3.05) is 19.6 Å². The molecule has 0 spiro atoms. The summed E-state index contributed by atoms with van der Waals surface area (Å²) in [5.41, 5.74) is 35.1. The predicted octanol–water partition coefficient (Wildman–Crippen LogP) is -1.46. The van der Waals surface area contributed by atoms with Gasteiger partial charge in [-0.2, -0.15) is 0 Å². The number of hydrogen-bond acceptors (Lipinski definition) is 11. The first-order chi connectivity index (χ1) is 35.5. The third-order valence-corrected chi connectivity index (χ3v) is 12.3. The van der Waals surface area contributed by atoms with Gasteiger partial charge in [0, 0.05) is 51.3 Å². The number of amides is 8. The molecule has 0 aliphatic carbocycles. The molecule has 394 valence electrons. The van der Waals surface area contributed by atoms with Gasteiger partial charge in [0.25, 0.3) is 0 Å². The summed E-state index contributed by atoms with van der Waals surface area (Å²) in [6, 6.07) is 18.3. The van der Waals surface area contributed by atoms with Gasteiger partial charge in [0.15, 0.2) is 11.9 Å². The number of aliphatic imine (C=N–C) groups is 2. The summed E-state index contributed by atoms with van der Waals surface area (Å²) in [5, 5.41) is 15.5. The number of benzene rings is 3. The quantitative estimate of drug-likeness (QED) is 0.0176. The fraction of sp³-hybridized carbons (Fsp3) is 0.392. The maximum atomic E-state index is 14.7. The highest BCUT2D eigenvalue weighted by atomic mass is 16.2. The summed E-state index contributed by atoms with van der Waals surface area (Å²) in [6.45, 7) is 0.266. The molecule has 1 aliphatic heterocycles. The molecule has 74 heavy (non-hydrogen) atoms. The molecule has 5 rings (SSSR count). The molecule has 8 amide bonds. The molecule has 1 aromatic heterocycles. The first-order valence-electron chi connectivity index (χ1n) is 24.4. The Labute approximate surface area is 428 Å². The fourth-order valence-corrected chi connectivity index (χ4v) is 8.57. The standard InChI is InChI=1S/C51H67N15O8/c52-42(67)29-38(44(53)69)64-45(70)36(18-8-24-59-50(54)55)62-48(73)41-20-10-26-66(41)49(74)37(19-9-25-60-51(56)57)63-46(71)39(27-31-11-2-1-3-12-31)65-47(72)40(61-43(68)22-21-32-13-7-23-58-30-32)28-34-16-6-15-33-14-4-5-17-35(33)34/h1-7,11-17,23,30,36-41H,8-10,18-22,24-29H2,(H2,52,67)(H2,53,69)(H,61,68)(H,62,73)(H,63,71)(H,64,70)(H,65,72)(H4,54,55,59)(H4,56,57,60)/t36-,37-,38-,39-,40-,41-/m0/s1. The molecule has 1 fully saturated rings. The van der Waals surface area contributed by atoms with E-state index in [1.807, 2.05) is 48.5 Å². The number of aromatic nitrogens is 1. The maximum absolute atomic E-state index is 14.7. The number of aryl methyl sites for hydroxylation is 1. The lowest BCUT2D eigenvalue weighted by molar-refractivity contribution is -0.142. The van der Waals surface area contributed by atoms with Crippen LogP contribution in [0.1, 0.15) is 68.1 Å². The minimum atomic E-state index is -1.47. The molecule has 0 bridgehead atoms. The van der Waals surface area contributed by atoms with Gasteiger partial charge in [0.2, 0.25) is 47.3 Å². The van der Waals surface area contributed by atoms with Crippen molar-refractivity contribution in [3.05, 3.63) is 114 Å². The molecular weight excluding hydrogens is 951 g/mol. The van der Waals surface area contributed by atoms with Crippen LogP contribution < -0.4 is 61.0 Å². The zero-order valence-corrected chi connectivity index (χ0v) is 41.1. The molecular formula is C51H67N15O8. The lowest BCUT2D eigenvalue weighted by atomic mass is 9.97. The highest BCUT2D eigenvalue weighted by molar-refractivity contribution is 5.98. The molecule has 6 atom stereocenters. The molecule has 4 aromatic rings. The number of fused-ring (bicyclic) bond motifs is 1. The topological polar surface area (TPSA) is 394 Å². The minimum Gasteiger partial charge on any atom is -0.370 e. The van der Waals surface area contributed by atoms with Gasteiger partial charge in [-0.05, 0) is 78.5 Å². The second kappa shape index (κ2) is 28.4. The second-order valence-electron chi connectivity index (χ2n) is 17.9. The average molecular weight is 1020 g/mol. The molecule has 3 aromatic carbocycles. The maximum Gasteiger partial charge on any atom is 0.245 e. The van der Waals surface area contributed by atoms with E-state index in [-0.39, 0.29) is 82.9 Å². The SMILES string of the molecule is NC(=O)C[C@H](NC(=O)[C@H](CCCN=C(N)N)NC(=O)[C@@H]1CCCN1C(=O)[C@H](CCCN=C(N)N)NC(=O)[C@H](Cc1ccccc1)NC(=O)[C@H](Cc1cccc2ccccc12)NC(=O)CCc1cccnc1)C(N)=O. The molecule has 1 saturated heterocycles. The number of carbonyl (C=O) groups is 8. The predicted molar refractivity (Wildman–Crippen MR) is 278 cm³/mol. The van der Waals surface area contributed by atoms with Crippen molar-refractivity contribution in [3.63, 3.8) is 0 Å². The molecule has 23 heteroatoms. The number of hydrogen-bond donors (Lipinski definition) is 11. The van der Waals surface area contributed by atoms with Gasteiger partial charge in [-0.1, -0.05) is 78.9 Å². The Kier molecular flexibility index (Phi) is 21.6. The Hall–Kier alpha value is -8.63. The number of nitrogens with one attached hydrogen (secondary N) is 5. The van der Waals surface area contributed by atoms with Gasteiger partial charge in [0.1, 0.15) is 36.3 Å². The zero-order chi connectivity index (χ0) is 53.6. The number of carbonyl (C=O) groups excluding carboxylic acids is 8. The second-order valence-corrected chi connectivity index (χ2v) is 17.9. The van der Waals surface area contributed by atoms with Gasteiger partial charge in [-0.15, -0.1) is 0 Å². The molecule has 0 radical (unpaired) electrons. The smallest absolute Gasteiger partial charge is 0.245 e. The van der Waals surface area contributed by atoms with Crippen LogP contribution in [0.4, 0.5) is 0 Å². The molecule has 2 heterocycles. The van der Waals surface area contributed by atoms with Crippen molar-refractivity contribution in [1.82, 2.24) is 36.5 Å². The number of pyridine rings is 1. The number of primary amides is 2. The summed E-state index contributed by atoms with van der Waals surface area (Å²) in [7, 11) is 0. The van der Waals surface area contributed by atoms with Crippen LogP contribution in [0, 0.1) is 0 Å². The average Bonchev–Trinajstić information content (AvgIpc) is 3.87. The van der Waals surface area contributed by atoms with Crippen molar-refractivity contribution in [3.8, 4) is 0 Å². The van der Waals surface area contributed by atoms with E-state index in [1.54, 1.807) is 48.8 Å². The first-order valence-corrected chi connectivity index (χ1v) is 24.4. The van der Waals surface area contributed by atoms with Gasteiger partial charge in [0.05, 0.1) is 6.42 Å². The van der Waals surface area contributed by atoms with Gasteiger partial charge in [-0.3, -0.25) is 53.3 Å². The Balaban J connectivity index is 1.41. The molecule has 1 aliphatic rings. The van der Waals surface area contributed by atoms with E-state index in [0.717, 1.165) is 21.9 Å². The molecule has 17 N–H and O–H groups in total. The summed E-state index contributed by atoms with van der Waals surface area (Å²) < 4.78 is 0. The first kappa shape index (κ1) is 56.3. The van der Waals surface area contributed by atoms with Crippen LogP contribution in [-0.4, -0.2) is 125 Å². The highest BCUT2D eigenvalue weighted by Crippen LogP contribution is 2.22. The van der Waals surface area contributed by atoms with E-state index in [0.29, 0.717) is 18.4 Å². The van der Waals surface area contributed by atoms with Crippen molar-refractivity contribution in [2.45, 2.75) is 107 Å². The van der Waals surface area contributed by atoms with Crippen molar-refractivity contribution in [1.29, 1.82) is 0 Å². The summed E-state index contributed by atoms with van der Waals surface area (Å²) in [5.74, 6) is -6.31. The highest BCUT2D eigenvalue weighted by Gasteiger charge is 2.40. The number of guanidine groups is 2. The molecule has 0 saturated carbocycles. The Morgan fingerprint density at radius 2 is 1.22 bits per heavy atom. The Morgan fingerprint density at radius 3 is 1.86 bits per heavy atom. The Morgan fingerprint density at radius 1 is 0.622 bits per heavy atom. The van der Waals surface area contributed by atoms with E-state index < -0.39 is 89.9 Å². The third kappa shape index (κ3) is 17.9. The normalized spacial score (nSPS) is 15.0. The van der Waals surface area contributed by atoms with Gasteiger partial charge in [-0.25, -0.2) is 0 Å². The van der Waals surface area contributed by atoms with Crippen LogP contribution in [-0.2, 0) is 57.6 Å². The zero-order valence-electron chi connectivity index (χ0n) is 41.1. The third-order valence-electron chi connectivity index (χ3n) is 12.3. The van der Waals surface area contributed by atoms with Crippen LogP contribution in [0.5, 0.6) is 0 Å². The van der Waals surface area contributed by atoms with Crippen LogP contribution in [0.3, 0.4) is 0 Å². The van der Waals surface area contributed by atoms with E-state index in [2.05, 4.69) is 41.6 Å². The summed E-state index contributed by atoms with van der Waals surface area (Å²) in [4.78, 5) is 123. The van der Waals surface area contributed by atoms with Crippen LogP contribution in [0.2, 0.25) is 0 Å². The Bertz CT molecular complexity index is 2640. The number of rotatable bonds is 28. The number of nitrogens with two attached hydrogens (primary N) is 6. The molecule has 0 unspecified atom stereocenters.